The lowest BCUT2D eigenvalue weighted by molar-refractivity contribution is -0.130. The van der Waals surface area contributed by atoms with Gasteiger partial charge in [0.25, 0.3) is 0 Å². The SMILES string of the molecule is CCNC(=NCCN1CCN(C(C)=O)CC1)N1CCC(CSc2ccccc2)C1. The predicted molar refractivity (Wildman–Crippen MR) is 122 cm³/mol. The zero-order chi connectivity index (χ0) is 20.5. The van der Waals surface area contributed by atoms with Gasteiger partial charge >= 0.3 is 0 Å². The van der Waals surface area contributed by atoms with E-state index >= 15 is 0 Å². The van der Waals surface area contributed by atoms with Crippen molar-refractivity contribution in [1.82, 2.24) is 20.0 Å². The average molecular weight is 418 g/mol. The summed E-state index contributed by atoms with van der Waals surface area (Å²) in [4.78, 5) is 24.5. The van der Waals surface area contributed by atoms with Crippen molar-refractivity contribution in [2.24, 2.45) is 10.9 Å². The Kier molecular flexibility index (Phi) is 8.68. The molecule has 29 heavy (non-hydrogen) atoms. The summed E-state index contributed by atoms with van der Waals surface area (Å²) < 4.78 is 0. The molecule has 0 radical (unpaired) electrons. The number of aliphatic imine (C=N–C) groups is 1. The molecule has 2 heterocycles. The summed E-state index contributed by atoms with van der Waals surface area (Å²) in [5.74, 6) is 3.12. The zero-order valence-corrected chi connectivity index (χ0v) is 18.7. The Morgan fingerprint density at radius 2 is 1.90 bits per heavy atom. The van der Waals surface area contributed by atoms with Crippen LogP contribution in [0.15, 0.2) is 40.2 Å². The Morgan fingerprint density at radius 3 is 2.59 bits per heavy atom. The average Bonchev–Trinajstić information content (AvgIpc) is 3.22. The molecule has 6 nitrogen and oxygen atoms in total. The van der Waals surface area contributed by atoms with Crippen molar-refractivity contribution < 1.29 is 4.79 Å². The van der Waals surface area contributed by atoms with E-state index in [2.05, 4.69) is 52.4 Å². The molecule has 160 valence electrons. The second-order valence-corrected chi connectivity index (χ2v) is 8.90. The molecule has 2 saturated heterocycles. The number of amides is 1. The molecule has 3 rings (SSSR count). The maximum atomic E-state index is 11.5. The van der Waals surface area contributed by atoms with Crippen molar-refractivity contribution in [3.8, 4) is 0 Å². The monoisotopic (exact) mass is 417 g/mol. The number of benzene rings is 1. The smallest absolute Gasteiger partial charge is 0.219 e. The van der Waals surface area contributed by atoms with Crippen molar-refractivity contribution in [3.05, 3.63) is 30.3 Å². The van der Waals surface area contributed by atoms with Crippen molar-refractivity contribution in [1.29, 1.82) is 0 Å². The molecule has 0 aromatic heterocycles. The number of guanidine groups is 1. The van der Waals surface area contributed by atoms with Crippen molar-refractivity contribution in [2.45, 2.75) is 25.2 Å². The normalized spacial score (nSPS) is 20.9. The Morgan fingerprint density at radius 1 is 1.14 bits per heavy atom. The third-order valence-corrected chi connectivity index (χ3v) is 6.89. The van der Waals surface area contributed by atoms with Crippen LogP contribution in [0.5, 0.6) is 0 Å². The Hall–Kier alpha value is -1.73. The summed E-state index contributed by atoms with van der Waals surface area (Å²) in [6.45, 7) is 12.2. The Labute approximate surface area is 179 Å². The molecule has 2 aliphatic rings. The molecule has 1 aromatic rings. The van der Waals surface area contributed by atoms with Gasteiger partial charge in [0.15, 0.2) is 5.96 Å². The van der Waals surface area contributed by atoms with Gasteiger partial charge in [0.05, 0.1) is 6.54 Å². The number of hydrogen-bond acceptors (Lipinski definition) is 4. The molecule has 0 aliphatic carbocycles. The van der Waals surface area contributed by atoms with Gasteiger partial charge in [-0.2, -0.15) is 0 Å². The van der Waals surface area contributed by atoms with Crippen molar-refractivity contribution in [3.63, 3.8) is 0 Å². The van der Waals surface area contributed by atoms with Gasteiger partial charge in [0.2, 0.25) is 5.91 Å². The quantitative estimate of drug-likeness (QED) is 0.419. The lowest BCUT2D eigenvalue weighted by atomic mass is 10.2. The number of piperazine rings is 1. The molecular formula is C22H35N5OS. The van der Waals surface area contributed by atoms with E-state index < -0.39 is 0 Å². The second-order valence-electron chi connectivity index (χ2n) is 7.81. The Bertz CT molecular complexity index is 660. The first-order valence-corrected chi connectivity index (χ1v) is 11.8. The van der Waals surface area contributed by atoms with Gasteiger partial charge in [-0.25, -0.2) is 0 Å². The predicted octanol–water partition coefficient (Wildman–Crippen LogP) is 2.23. The lowest BCUT2D eigenvalue weighted by Gasteiger charge is -2.33. The largest absolute Gasteiger partial charge is 0.357 e. The van der Waals surface area contributed by atoms with Crippen LogP contribution in [0.2, 0.25) is 0 Å². The molecule has 1 N–H and O–H groups in total. The molecule has 1 atom stereocenters. The van der Waals surface area contributed by atoms with Crippen LogP contribution < -0.4 is 5.32 Å². The summed E-state index contributed by atoms with van der Waals surface area (Å²) in [5.41, 5.74) is 0. The number of rotatable bonds is 7. The van der Waals surface area contributed by atoms with E-state index in [1.807, 2.05) is 16.7 Å². The highest BCUT2D eigenvalue weighted by atomic mass is 32.2. The maximum Gasteiger partial charge on any atom is 0.219 e. The number of nitrogens with one attached hydrogen (secondary N) is 1. The molecule has 7 heteroatoms. The summed E-state index contributed by atoms with van der Waals surface area (Å²) in [5, 5.41) is 3.48. The van der Waals surface area contributed by atoms with Crippen LogP contribution in [0.25, 0.3) is 0 Å². The molecular weight excluding hydrogens is 382 g/mol. The van der Waals surface area contributed by atoms with Crippen LogP contribution >= 0.6 is 11.8 Å². The number of carbonyl (C=O) groups excluding carboxylic acids is 1. The van der Waals surface area contributed by atoms with Crippen molar-refractivity contribution in [2.75, 3.05) is 64.7 Å². The van der Waals surface area contributed by atoms with E-state index in [0.29, 0.717) is 5.92 Å². The standard InChI is InChI=1S/C22H35N5OS/c1-3-23-22(24-10-12-25-13-15-26(16-14-25)19(2)28)27-11-9-20(17-27)18-29-21-7-5-4-6-8-21/h4-8,20H,3,9-18H2,1-2H3,(H,23,24). The minimum Gasteiger partial charge on any atom is -0.357 e. The van der Waals surface area contributed by atoms with Gasteiger partial charge in [-0.3, -0.25) is 14.7 Å². The van der Waals surface area contributed by atoms with Gasteiger partial charge in [0, 0.05) is 69.9 Å². The van der Waals surface area contributed by atoms with E-state index in [1.54, 1.807) is 6.92 Å². The fourth-order valence-electron chi connectivity index (χ4n) is 3.90. The maximum absolute atomic E-state index is 11.5. The minimum atomic E-state index is 0.186. The van der Waals surface area contributed by atoms with E-state index in [9.17, 15) is 4.79 Å². The third kappa shape index (κ3) is 6.93. The highest BCUT2D eigenvalue weighted by Crippen LogP contribution is 2.25. The van der Waals surface area contributed by atoms with Gasteiger partial charge in [0.1, 0.15) is 0 Å². The number of carbonyl (C=O) groups is 1. The minimum absolute atomic E-state index is 0.186. The fourth-order valence-corrected chi connectivity index (χ4v) is 4.95. The molecule has 1 unspecified atom stereocenters. The lowest BCUT2D eigenvalue weighted by Crippen LogP contribution is -2.48. The zero-order valence-electron chi connectivity index (χ0n) is 17.8. The molecule has 0 saturated carbocycles. The molecule has 1 aromatic carbocycles. The summed E-state index contributed by atoms with van der Waals surface area (Å²) in [6.07, 6.45) is 1.23. The molecule has 0 spiro atoms. The Balaban J connectivity index is 1.42. The molecule has 0 bridgehead atoms. The van der Waals surface area contributed by atoms with Crippen LogP contribution in [0.4, 0.5) is 0 Å². The summed E-state index contributed by atoms with van der Waals surface area (Å²) in [6, 6.07) is 10.7. The topological polar surface area (TPSA) is 51.2 Å². The van der Waals surface area contributed by atoms with Gasteiger partial charge < -0.3 is 15.1 Å². The summed E-state index contributed by atoms with van der Waals surface area (Å²) >= 11 is 1.96. The highest BCUT2D eigenvalue weighted by Gasteiger charge is 2.25. The number of nitrogens with zero attached hydrogens (tertiary/aromatic N) is 4. The summed E-state index contributed by atoms with van der Waals surface area (Å²) in [7, 11) is 0. The molecule has 2 fully saturated rings. The molecule has 1 amide bonds. The van der Waals surface area contributed by atoms with Crippen LogP contribution in [0.1, 0.15) is 20.3 Å². The second kappa shape index (κ2) is 11.5. The van der Waals surface area contributed by atoms with Gasteiger partial charge in [-0.1, -0.05) is 18.2 Å². The number of likely N-dealkylation sites (tertiary alicyclic amines) is 1. The first-order chi connectivity index (χ1) is 14.2. The fraction of sp³-hybridized carbons (Fsp3) is 0.636. The van der Waals surface area contributed by atoms with Crippen LogP contribution in [-0.2, 0) is 4.79 Å². The first kappa shape index (κ1) is 22.0. The van der Waals surface area contributed by atoms with Gasteiger partial charge in [-0.15, -0.1) is 11.8 Å². The van der Waals surface area contributed by atoms with Crippen LogP contribution in [-0.4, -0.2) is 91.2 Å². The van der Waals surface area contributed by atoms with E-state index in [-0.39, 0.29) is 5.91 Å². The first-order valence-electron chi connectivity index (χ1n) is 10.8. The third-order valence-electron chi connectivity index (χ3n) is 5.64. The number of thioether (sulfide) groups is 1. The van der Waals surface area contributed by atoms with Gasteiger partial charge in [-0.05, 0) is 31.4 Å². The van der Waals surface area contributed by atoms with Crippen molar-refractivity contribution >= 4 is 23.6 Å². The van der Waals surface area contributed by atoms with E-state index in [1.165, 1.54) is 17.1 Å². The van der Waals surface area contributed by atoms with Crippen LogP contribution in [0.3, 0.4) is 0 Å². The molecule has 2 aliphatic heterocycles. The highest BCUT2D eigenvalue weighted by molar-refractivity contribution is 7.99. The van der Waals surface area contributed by atoms with E-state index in [4.69, 9.17) is 4.99 Å². The van der Waals surface area contributed by atoms with E-state index in [0.717, 1.165) is 64.9 Å². The number of hydrogen-bond donors (Lipinski definition) is 1. The van der Waals surface area contributed by atoms with Crippen LogP contribution in [0, 0.1) is 5.92 Å².